The first kappa shape index (κ1) is 16.1. The van der Waals surface area contributed by atoms with Gasteiger partial charge in [0.2, 0.25) is 0 Å². The fraction of sp³-hybridized carbons (Fsp3) is 0.263. The van der Waals surface area contributed by atoms with Gasteiger partial charge in [0.1, 0.15) is 0 Å². The number of ether oxygens (including phenoxy) is 1. The van der Waals surface area contributed by atoms with E-state index in [4.69, 9.17) is 4.74 Å². The van der Waals surface area contributed by atoms with Crippen LogP contribution in [0.5, 0.6) is 5.75 Å². The van der Waals surface area contributed by atoms with Crippen LogP contribution in [-0.4, -0.2) is 21.9 Å². The standard InChI is InChI=1S/C19H21N3O2/c1-13(2)15-7-4-5-8-16(15)21-18(23)12-24-17-9-6-10-22-11-14(3)20-19(17)22/h4-11,13H,12H2,1-3H3,(H,21,23). The molecular formula is C19H21N3O2. The monoisotopic (exact) mass is 323 g/mol. The third-order valence-corrected chi connectivity index (χ3v) is 3.78. The molecule has 0 saturated heterocycles. The van der Waals surface area contributed by atoms with Gasteiger partial charge in [-0.2, -0.15) is 0 Å². The predicted octanol–water partition coefficient (Wildman–Crippen LogP) is 3.78. The Labute approximate surface area is 141 Å². The van der Waals surface area contributed by atoms with Gasteiger partial charge in [0.15, 0.2) is 18.0 Å². The molecule has 0 aliphatic carbocycles. The van der Waals surface area contributed by atoms with Gasteiger partial charge in [-0.25, -0.2) is 4.98 Å². The van der Waals surface area contributed by atoms with Crippen molar-refractivity contribution in [3.05, 3.63) is 60.0 Å². The first-order valence-electron chi connectivity index (χ1n) is 8.00. The Morgan fingerprint density at radius 1 is 1.25 bits per heavy atom. The van der Waals surface area contributed by atoms with Crippen LogP contribution < -0.4 is 10.1 Å². The van der Waals surface area contributed by atoms with Gasteiger partial charge in [-0.1, -0.05) is 32.0 Å². The second kappa shape index (κ2) is 6.74. The maximum absolute atomic E-state index is 12.2. The zero-order chi connectivity index (χ0) is 17.1. The summed E-state index contributed by atoms with van der Waals surface area (Å²) in [7, 11) is 0. The summed E-state index contributed by atoms with van der Waals surface area (Å²) in [6, 6.07) is 11.5. The fourth-order valence-corrected chi connectivity index (χ4v) is 2.67. The molecule has 3 rings (SSSR count). The Hall–Kier alpha value is -2.82. The number of aryl methyl sites for hydroxylation is 1. The number of imidazole rings is 1. The first-order chi connectivity index (χ1) is 11.5. The lowest BCUT2D eigenvalue weighted by atomic mass is 10.0. The van der Waals surface area contributed by atoms with Crippen molar-refractivity contribution in [1.29, 1.82) is 0 Å². The Morgan fingerprint density at radius 2 is 2.04 bits per heavy atom. The van der Waals surface area contributed by atoms with Gasteiger partial charge in [0.05, 0.1) is 5.69 Å². The zero-order valence-corrected chi connectivity index (χ0v) is 14.1. The Balaban J connectivity index is 1.70. The number of anilines is 1. The second-order valence-corrected chi connectivity index (χ2v) is 6.06. The van der Waals surface area contributed by atoms with E-state index < -0.39 is 0 Å². The molecule has 5 nitrogen and oxygen atoms in total. The van der Waals surface area contributed by atoms with Gasteiger partial charge in [-0.15, -0.1) is 0 Å². The van der Waals surface area contributed by atoms with E-state index >= 15 is 0 Å². The van der Waals surface area contributed by atoms with Crippen LogP contribution in [0.2, 0.25) is 0 Å². The summed E-state index contributed by atoms with van der Waals surface area (Å²) >= 11 is 0. The van der Waals surface area contributed by atoms with Crippen molar-refractivity contribution < 1.29 is 9.53 Å². The molecule has 2 aromatic heterocycles. The number of carbonyl (C=O) groups is 1. The number of rotatable bonds is 5. The topological polar surface area (TPSA) is 55.6 Å². The van der Waals surface area contributed by atoms with Crippen LogP contribution >= 0.6 is 0 Å². The molecule has 0 unspecified atom stereocenters. The number of aromatic nitrogens is 2. The summed E-state index contributed by atoms with van der Waals surface area (Å²) in [6.07, 6.45) is 3.82. The quantitative estimate of drug-likeness (QED) is 0.777. The van der Waals surface area contributed by atoms with E-state index in [9.17, 15) is 4.79 Å². The van der Waals surface area contributed by atoms with Gasteiger partial charge in [0, 0.05) is 18.1 Å². The average molecular weight is 323 g/mol. The fourth-order valence-electron chi connectivity index (χ4n) is 2.67. The minimum absolute atomic E-state index is 0.0575. The first-order valence-corrected chi connectivity index (χ1v) is 8.00. The molecule has 0 saturated carbocycles. The number of hydrogen-bond acceptors (Lipinski definition) is 3. The zero-order valence-electron chi connectivity index (χ0n) is 14.1. The number of hydrogen-bond donors (Lipinski definition) is 1. The molecule has 0 aliphatic heterocycles. The number of nitrogens with one attached hydrogen (secondary N) is 1. The van der Waals surface area contributed by atoms with Crippen molar-refractivity contribution >= 4 is 17.2 Å². The molecule has 0 atom stereocenters. The second-order valence-electron chi connectivity index (χ2n) is 6.06. The average Bonchev–Trinajstić information content (AvgIpc) is 2.94. The van der Waals surface area contributed by atoms with Crippen LogP contribution in [0.4, 0.5) is 5.69 Å². The van der Waals surface area contributed by atoms with Crippen LogP contribution in [0.3, 0.4) is 0 Å². The molecule has 0 bridgehead atoms. The largest absolute Gasteiger partial charge is 0.480 e. The van der Waals surface area contributed by atoms with Crippen molar-refractivity contribution in [3.8, 4) is 5.75 Å². The number of fused-ring (bicyclic) bond motifs is 1. The smallest absolute Gasteiger partial charge is 0.262 e. The number of pyridine rings is 1. The van der Waals surface area contributed by atoms with Gasteiger partial charge < -0.3 is 14.5 Å². The molecule has 0 fully saturated rings. The van der Waals surface area contributed by atoms with Crippen LogP contribution in [0.15, 0.2) is 48.8 Å². The Morgan fingerprint density at radius 3 is 2.83 bits per heavy atom. The lowest BCUT2D eigenvalue weighted by Gasteiger charge is -2.14. The van der Waals surface area contributed by atoms with Gasteiger partial charge in [-0.3, -0.25) is 4.79 Å². The van der Waals surface area contributed by atoms with E-state index in [1.165, 1.54) is 0 Å². The van der Waals surface area contributed by atoms with E-state index in [1.54, 1.807) is 0 Å². The molecular weight excluding hydrogens is 302 g/mol. The van der Waals surface area contributed by atoms with E-state index in [2.05, 4.69) is 24.1 Å². The maximum Gasteiger partial charge on any atom is 0.262 e. The molecule has 1 amide bonds. The molecule has 0 spiro atoms. The van der Waals surface area contributed by atoms with Crippen LogP contribution in [-0.2, 0) is 4.79 Å². The lowest BCUT2D eigenvalue weighted by molar-refractivity contribution is -0.118. The third kappa shape index (κ3) is 3.40. The van der Waals surface area contributed by atoms with Crippen molar-refractivity contribution in [2.24, 2.45) is 0 Å². The van der Waals surface area contributed by atoms with Gasteiger partial charge >= 0.3 is 0 Å². The molecule has 1 aromatic carbocycles. The van der Waals surface area contributed by atoms with Crippen LogP contribution in [0.1, 0.15) is 31.0 Å². The number of para-hydroxylation sites is 1. The van der Waals surface area contributed by atoms with Gasteiger partial charge in [0.25, 0.3) is 5.91 Å². The summed E-state index contributed by atoms with van der Waals surface area (Å²) in [5, 5.41) is 2.92. The highest BCUT2D eigenvalue weighted by Crippen LogP contribution is 2.24. The number of carbonyl (C=O) groups excluding carboxylic acids is 1. The molecule has 0 radical (unpaired) electrons. The van der Waals surface area contributed by atoms with Crippen molar-refractivity contribution in [2.75, 3.05) is 11.9 Å². The molecule has 24 heavy (non-hydrogen) atoms. The van der Waals surface area contributed by atoms with E-state index in [0.717, 1.165) is 16.9 Å². The van der Waals surface area contributed by atoms with Gasteiger partial charge in [-0.05, 0) is 36.6 Å². The SMILES string of the molecule is Cc1cn2cccc(OCC(=O)Nc3ccccc3C(C)C)c2n1. The lowest BCUT2D eigenvalue weighted by Crippen LogP contribution is -2.21. The highest BCUT2D eigenvalue weighted by molar-refractivity contribution is 5.92. The summed E-state index contributed by atoms with van der Waals surface area (Å²) in [4.78, 5) is 16.7. The maximum atomic E-state index is 12.2. The summed E-state index contributed by atoms with van der Waals surface area (Å²) in [5.41, 5.74) is 3.56. The summed E-state index contributed by atoms with van der Waals surface area (Å²) in [6.45, 7) is 6.07. The normalized spacial score (nSPS) is 11.0. The minimum atomic E-state index is -0.187. The Bertz CT molecular complexity index is 868. The molecule has 2 heterocycles. The minimum Gasteiger partial charge on any atom is -0.480 e. The molecule has 124 valence electrons. The number of benzene rings is 1. The van der Waals surface area contributed by atoms with E-state index in [1.807, 2.05) is 60.1 Å². The molecule has 5 heteroatoms. The van der Waals surface area contributed by atoms with Crippen molar-refractivity contribution in [3.63, 3.8) is 0 Å². The summed E-state index contributed by atoms with van der Waals surface area (Å²) in [5.74, 6) is 0.746. The highest BCUT2D eigenvalue weighted by atomic mass is 16.5. The Kier molecular flexibility index (Phi) is 4.51. The van der Waals surface area contributed by atoms with Crippen LogP contribution in [0.25, 0.3) is 5.65 Å². The molecule has 0 aliphatic rings. The van der Waals surface area contributed by atoms with Crippen molar-refractivity contribution in [2.45, 2.75) is 26.7 Å². The number of amides is 1. The predicted molar refractivity (Wildman–Crippen MR) is 94.6 cm³/mol. The molecule has 3 aromatic rings. The summed E-state index contributed by atoms with van der Waals surface area (Å²) < 4.78 is 7.56. The molecule has 1 N–H and O–H groups in total. The third-order valence-electron chi connectivity index (χ3n) is 3.78. The van der Waals surface area contributed by atoms with E-state index in [-0.39, 0.29) is 12.5 Å². The van der Waals surface area contributed by atoms with E-state index in [0.29, 0.717) is 17.3 Å². The van der Waals surface area contributed by atoms with Crippen LogP contribution in [0, 0.1) is 6.92 Å². The highest BCUT2D eigenvalue weighted by Gasteiger charge is 2.11. The van der Waals surface area contributed by atoms with Crippen molar-refractivity contribution in [1.82, 2.24) is 9.38 Å². The number of nitrogens with zero attached hydrogens (tertiary/aromatic N) is 2.